The smallest absolute Gasteiger partial charge is 0.123 e. The zero-order valence-electron chi connectivity index (χ0n) is 7.69. The minimum Gasteiger partial charge on any atom is -0.322 e. The summed E-state index contributed by atoms with van der Waals surface area (Å²) in [5, 5.41) is 0. The molecule has 66 valence electrons. The van der Waals surface area contributed by atoms with Crippen molar-refractivity contribution in [2.24, 2.45) is 5.73 Å². The van der Waals surface area contributed by atoms with Gasteiger partial charge in [0.1, 0.15) is 5.82 Å². The Morgan fingerprint density at radius 2 is 1.92 bits per heavy atom. The largest absolute Gasteiger partial charge is 0.322 e. The summed E-state index contributed by atoms with van der Waals surface area (Å²) < 4.78 is 12.8. The molecular weight excluding hydrogens is 153 g/mol. The summed E-state index contributed by atoms with van der Waals surface area (Å²) in [5.41, 5.74) is 7.29. The first-order valence-electron chi connectivity index (χ1n) is 3.97. The third-order valence-electron chi connectivity index (χ3n) is 1.89. The molecule has 0 unspecified atom stereocenters. The van der Waals surface area contributed by atoms with Gasteiger partial charge < -0.3 is 5.73 Å². The zero-order chi connectivity index (χ0) is 9.35. The van der Waals surface area contributed by atoms with Gasteiger partial charge >= 0.3 is 0 Å². The van der Waals surface area contributed by atoms with Crippen LogP contribution in [0.25, 0.3) is 0 Å². The van der Waals surface area contributed by atoms with Gasteiger partial charge in [-0.15, -0.1) is 0 Å². The Labute approximate surface area is 72.4 Å². The van der Waals surface area contributed by atoms with E-state index in [1.165, 1.54) is 12.1 Å². The van der Waals surface area contributed by atoms with E-state index in [1.54, 1.807) is 6.07 Å². The summed E-state index contributed by atoms with van der Waals surface area (Å²) in [6, 6.07) is 4.69. The molecule has 0 atom stereocenters. The third kappa shape index (κ3) is 1.83. The number of hydrogen-bond donors (Lipinski definition) is 1. The molecule has 2 N–H and O–H groups in total. The molecule has 0 aliphatic rings. The highest BCUT2D eigenvalue weighted by Gasteiger charge is 2.16. The van der Waals surface area contributed by atoms with E-state index in [9.17, 15) is 4.39 Å². The highest BCUT2D eigenvalue weighted by molar-refractivity contribution is 5.31. The summed E-state index contributed by atoms with van der Waals surface area (Å²) in [6.45, 7) is 5.67. The minimum atomic E-state index is -0.466. The lowest BCUT2D eigenvalue weighted by atomic mass is 9.91. The van der Waals surface area contributed by atoms with E-state index in [-0.39, 0.29) is 5.82 Å². The lowest BCUT2D eigenvalue weighted by Gasteiger charge is -2.21. The Hall–Kier alpha value is -0.890. The molecule has 12 heavy (non-hydrogen) atoms. The fourth-order valence-electron chi connectivity index (χ4n) is 1.29. The van der Waals surface area contributed by atoms with Crippen molar-refractivity contribution < 1.29 is 4.39 Å². The first-order valence-corrected chi connectivity index (χ1v) is 3.97. The second-order valence-electron chi connectivity index (χ2n) is 3.68. The van der Waals surface area contributed by atoms with Crippen LogP contribution < -0.4 is 5.73 Å². The summed E-state index contributed by atoms with van der Waals surface area (Å²) in [5.74, 6) is -0.228. The van der Waals surface area contributed by atoms with Gasteiger partial charge in [0.2, 0.25) is 0 Å². The Bertz CT molecular complexity index is 286. The SMILES string of the molecule is Cc1ccc(F)cc1C(C)(C)N. The van der Waals surface area contributed by atoms with Crippen LogP contribution in [-0.4, -0.2) is 0 Å². The van der Waals surface area contributed by atoms with Crippen LogP contribution >= 0.6 is 0 Å². The molecule has 1 aromatic rings. The molecule has 0 fully saturated rings. The van der Waals surface area contributed by atoms with Gasteiger partial charge in [0, 0.05) is 5.54 Å². The summed E-state index contributed by atoms with van der Waals surface area (Å²) in [6.07, 6.45) is 0. The monoisotopic (exact) mass is 167 g/mol. The molecule has 1 nitrogen and oxygen atoms in total. The molecule has 1 rings (SSSR count). The fraction of sp³-hybridized carbons (Fsp3) is 0.400. The highest BCUT2D eigenvalue weighted by atomic mass is 19.1. The summed E-state index contributed by atoms with van der Waals surface area (Å²) in [4.78, 5) is 0. The van der Waals surface area contributed by atoms with Crippen LogP contribution in [0.3, 0.4) is 0 Å². The van der Waals surface area contributed by atoms with E-state index in [0.29, 0.717) is 0 Å². The van der Waals surface area contributed by atoms with E-state index in [2.05, 4.69) is 0 Å². The molecule has 0 heterocycles. The van der Waals surface area contributed by atoms with Crippen molar-refractivity contribution >= 4 is 0 Å². The highest BCUT2D eigenvalue weighted by Crippen LogP contribution is 2.21. The van der Waals surface area contributed by atoms with Crippen molar-refractivity contribution in [3.05, 3.63) is 35.1 Å². The number of benzene rings is 1. The number of rotatable bonds is 1. The standard InChI is InChI=1S/C10H14FN/c1-7-4-5-8(11)6-9(7)10(2,3)12/h4-6H,12H2,1-3H3. The Morgan fingerprint density at radius 3 is 2.33 bits per heavy atom. The van der Waals surface area contributed by atoms with Crippen molar-refractivity contribution in [3.63, 3.8) is 0 Å². The van der Waals surface area contributed by atoms with Gasteiger partial charge in [-0.25, -0.2) is 4.39 Å². The molecule has 0 saturated carbocycles. The van der Waals surface area contributed by atoms with Crippen LogP contribution in [0.15, 0.2) is 18.2 Å². The van der Waals surface area contributed by atoms with Crippen LogP contribution in [-0.2, 0) is 5.54 Å². The van der Waals surface area contributed by atoms with Crippen molar-refractivity contribution in [2.75, 3.05) is 0 Å². The molecule has 2 heteroatoms. The van der Waals surface area contributed by atoms with Gasteiger partial charge in [-0.2, -0.15) is 0 Å². The van der Waals surface area contributed by atoms with E-state index in [0.717, 1.165) is 11.1 Å². The van der Waals surface area contributed by atoms with Gasteiger partial charge in [-0.3, -0.25) is 0 Å². The zero-order valence-corrected chi connectivity index (χ0v) is 7.69. The summed E-state index contributed by atoms with van der Waals surface area (Å²) in [7, 11) is 0. The topological polar surface area (TPSA) is 26.0 Å². The van der Waals surface area contributed by atoms with Crippen LogP contribution in [0.4, 0.5) is 4.39 Å². The van der Waals surface area contributed by atoms with Crippen molar-refractivity contribution in [2.45, 2.75) is 26.3 Å². The lowest BCUT2D eigenvalue weighted by molar-refractivity contribution is 0.540. The molecule has 0 aromatic heterocycles. The maximum atomic E-state index is 12.8. The average molecular weight is 167 g/mol. The average Bonchev–Trinajstić information content (AvgIpc) is 1.92. The Kier molecular flexibility index (Phi) is 2.20. The van der Waals surface area contributed by atoms with Crippen LogP contribution in [0.2, 0.25) is 0 Å². The van der Waals surface area contributed by atoms with Gasteiger partial charge in [0.15, 0.2) is 0 Å². The molecule has 0 radical (unpaired) electrons. The van der Waals surface area contributed by atoms with E-state index < -0.39 is 5.54 Å². The predicted molar refractivity (Wildman–Crippen MR) is 48.4 cm³/mol. The fourth-order valence-corrected chi connectivity index (χ4v) is 1.29. The maximum Gasteiger partial charge on any atom is 0.123 e. The first kappa shape index (κ1) is 9.20. The molecule has 0 bridgehead atoms. The number of hydrogen-bond acceptors (Lipinski definition) is 1. The molecule has 0 spiro atoms. The third-order valence-corrected chi connectivity index (χ3v) is 1.89. The quantitative estimate of drug-likeness (QED) is 0.682. The second-order valence-corrected chi connectivity index (χ2v) is 3.68. The first-order chi connectivity index (χ1) is 5.41. The Morgan fingerprint density at radius 1 is 1.33 bits per heavy atom. The normalized spacial score (nSPS) is 11.8. The van der Waals surface area contributed by atoms with E-state index in [4.69, 9.17) is 5.73 Å². The lowest BCUT2D eigenvalue weighted by Crippen LogP contribution is -2.29. The van der Waals surface area contributed by atoms with E-state index >= 15 is 0 Å². The number of halogens is 1. The van der Waals surface area contributed by atoms with E-state index in [1.807, 2.05) is 20.8 Å². The van der Waals surface area contributed by atoms with Crippen molar-refractivity contribution in [1.82, 2.24) is 0 Å². The van der Waals surface area contributed by atoms with Gasteiger partial charge in [0.25, 0.3) is 0 Å². The maximum absolute atomic E-state index is 12.8. The minimum absolute atomic E-state index is 0.228. The molecule has 0 saturated heterocycles. The van der Waals surface area contributed by atoms with Gasteiger partial charge in [-0.1, -0.05) is 6.07 Å². The molecule has 0 amide bonds. The number of aryl methyl sites for hydroxylation is 1. The molecule has 0 aliphatic carbocycles. The Balaban J connectivity index is 3.23. The van der Waals surface area contributed by atoms with Crippen molar-refractivity contribution in [3.8, 4) is 0 Å². The van der Waals surface area contributed by atoms with Gasteiger partial charge in [-0.05, 0) is 44.0 Å². The van der Waals surface area contributed by atoms with Gasteiger partial charge in [0.05, 0.1) is 0 Å². The van der Waals surface area contributed by atoms with Crippen LogP contribution in [0, 0.1) is 12.7 Å². The van der Waals surface area contributed by atoms with Crippen LogP contribution in [0.5, 0.6) is 0 Å². The molecule has 0 aliphatic heterocycles. The number of nitrogens with two attached hydrogens (primary N) is 1. The van der Waals surface area contributed by atoms with Crippen LogP contribution in [0.1, 0.15) is 25.0 Å². The molecule has 1 aromatic carbocycles. The predicted octanol–water partition coefficient (Wildman–Crippen LogP) is 2.33. The van der Waals surface area contributed by atoms with Crippen molar-refractivity contribution in [1.29, 1.82) is 0 Å². The second kappa shape index (κ2) is 2.87. The summed E-state index contributed by atoms with van der Waals surface area (Å²) >= 11 is 0. The molecular formula is C10H14FN.